The molecule has 27 heavy (non-hydrogen) atoms. The van der Waals surface area contributed by atoms with Gasteiger partial charge in [0.1, 0.15) is 12.4 Å². The second-order valence-electron chi connectivity index (χ2n) is 7.63. The fraction of sp³-hybridized carbons (Fsp3) is 0.650. The van der Waals surface area contributed by atoms with Crippen LogP contribution >= 0.6 is 24.0 Å². The van der Waals surface area contributed by atoms with Crippen LogP contribution in [0.3, 0.4) is 0 Å². The van der Waals surface area contributed by atoms with Crippen LogP contribution in [-0.4, -0.2) is 63.4 Å². The number of nitrogens with zero attached hydrogens (tertiary/aromatic N) is 2. The van der Waals surface area contributed by atoms with Crippen LogP contribution < -0.4 is 15.8 Å². The van der Waals surface area contributed by atoms with E-state index >= 15 is 0 Å². The smallest absolute Gasteiger partial charge is 0.188 e. The minimum atomic E-state index is 0. The van der Waals surface area contributed by atoms with Crippen molar-refractivity contribution in [2.24, 2.45) is 10.7 Å². The molecule has 0 amide bonds. The molecule has 3 N–H and O–H groups in total. The number of nitrogens with two attached hydrogens (primary N) is 1. The van der Waals surface area contributed by atoms with Crippen LogP contribution in [0.1, 0.15) is 32.8 Å². The molecule has 1 aromatic rings. The lowest BCUT2D eigenvalue weighted by atomic mass is 9.87. The Morgan fingerprint density at radius 3 is 2.74 bits per heavy atom. The highest BCUT2D eigenvalue weighted by Gasteiger charge is 2.13. The molecular formula is C20H35IN4O2. The highest BCUT2D eigenvalue weighted by molar-refractivity contribution is 14.0. The zero-order chi connectivity index (χ0) is 18.8. The first-order valence-corrected chi connectivity index (χ1v) is 9.52. The third kappa shape index (κ3) is 9.62. The molecule has 0 atom stereocenters. The first-order valence-electron chi connectivity index (χ1n) is 9.52. The number of aliphatic imine (C=N–C) groups is 1. The molecular weight excluding hydrogens is 455 g/mol. The van der Waals surface area contributed by atoms with Crippen molar-refractivity contribution in [2.45, 2.75) is 32.6 Å². The van der Waals surface area contributed by atoms with E-state index in [-0.39, 0.29) is 29.4 Å². The Morgan fingerprint density at radius 2 is 2.04 bits per heavy atom. The number of ether oxygens (including phenoxy) is 2. The van der Waals surface area contributed by atoms with Crippen molar-refractivity contribution in [1.82, 2.24) is 10.2 Å². The van der Waals surface area contributed by atoms with Gasteiger partial charge in [0.05, 0.1) is 19.8 Å². The molecule has 0 spiro atoms. The third-order valence-electron chi connectivity index (χ3n) is 4.40. The number of hydrogen-bond acceptors (Lipinski definition) is 4. The first-order chi connectivity index (χ1) is 12.4. The van der Waals surface area contributed by atoms with Gasteiger partial charge in [0.25, 0.3) is 0 Å². The lowest BCUT2D eigenvalue weighted by molar-refractivity contribution is 0.0377. The standard InChI is InChI=1S/C20H34N4O2.HI/c1-20(2,3)17-6-4-7-18(16-17)26-13-9-23-19(21)22-8-5-10-24-11-14-25-15-12-24;/h4,6-7,16H,5,8-15H2,1-3H3,(H3,21,22,23);1H. The quantitative estimate of drug-likeness (QED) is 0.254. The van der Waals surface area contributed by atoms with E-state index in [2.05, 4.69) is 48.1 Å². The van der Waals surface area contributed by atoms with Gasteiger partial charge in [0, 0.05) is 26.2 Å². The van der Waals surface area contributed by atoms with E-state index in [1.807, 2.05) is 12.1 Å². The number of benzene rings is 1. The van der Waals surface area contributed by atoms with E-state index in [1.54, 1.807) is 0 Å². The van der Waals surface area contributed by atoms with E-state index in [4.69, 9.17) is 15.2 Å². The molecule has 1 aliphatic rings. The summed E-state index contributed by atoms with van der Waals surface area (Å²) >= 11 is 0. The zero-order valence-corrected chi connectivity index (χ0v) is 19.2. The summed E-state index contributed by atoms with van der Waals surface area (Å²) in [6.45, 7) is 13.3. The minimum Gasteiger partial charge on any atom is -0.492 e. The van der Waals surface area contributed by atoms with Crippen LogP contribution in [0.5, 0.6) is 5.75 Å². The third-order valence-corrected chi connectivity index (χ3v) is 4.40. The molecule has 0 saturated carbocycles. The highest BCUT2D eigenvalue weighted by Crippen LogP contribution is 2.25. The lowest BCUT2D eigenvalue weighted by Gasteiger charge is -2.26. The van der Waals surface area contributed by atoms with Crippen LogP contribution in [0.2, 0.25) is 0 Å². The normalized spacial score (nSPS) is 15.9. The zero-order valence-electron chi connectivity index (χ0n) is 16.9. The van der Waals surface area contributed by atoms with Crippen molar-refractivity contribution in [3.8, 4) is 5.75 Å². The van der Waals surface area contributed by atoms with Gasteiger partial charge in [0.2, 0.25) is 0 Å². The van der Waals surface area contributed by atoms with Gasteiger partial charge in [-0.2, -0.15) is 0 Å². The predicted molar refractivity (Wildman–Crippen MR) is 122 cm³/mol. The maximum Gasteiger partial charge on any atom is 0.188 e. The van der Waals surface area contributed by atoms with Gasteiger partial charge in [-0.15, -0.1) is 24.0 Å². The second-order valence-corrected chi connectivity index (χ2v) is 7.63. The molecule has 1 saturated heterocycles. The summed E-state index contributed by atoms with van der Waals surface area (Å²) < 4.78 is 11.1. The Hall–Kier alpha value is -1.06. The van der Waals surface area contributed by atoms with Gasteiger partial charge >= 0.3 is 0 Å². The number of hydrogen-bond donors (Lipinski definition) is 2. The summed E-state index contributed by atoms with van der Waals surface area (Å²) in [4.78, 5) is 6.77. The van der Waals surface area contributed by atoms with Crippen molar-refractivity contribution >= 4 is 29.9 Å². The molecule has 0 aromatic heterocycles. The molecule has 2 rings (SSSR count). The number of morpholine rings is 1. The molecule has 6 nitrogen and oxygen atoms in total. The highest BCUT2D eigenvalue weighted by atomic mass is 127. The van der Waals surface area contributed by atoms with Gasteiger partial charge in [-0.1, -0.05) is 32.9 Å². The molecule has 0 bridgehead atoms. The molecule has 0 aliphatic carbocycles. The largest absolute Gasteiger partial charge is 0.492 e. The van der Waals surface area contributed by atoms with Crippen LogP contribution in [0.15, 0.2) is 29.3 Å². The van der Waals surface area contributed by atoms with Crippen LogP contribution in [0.4, 0.5) is 0 Å². The van der Waals surface area contributed by atoms with Crippen LogP contribution in [0.25, 0.3) is 0 Å². The predicted octanol–water partition coefficient (Wildman–Crippen LogP) is 2.61. The Bertz CT molecular complexity index is 569. The molecule has 0 radical (unpaired) electrons. The van der Waals surface area contributed by atoms with E-state index in [0.717, 1.165) is 51.6 Å². The molecule has 1 aliphatic heterocycles. The summed E-state index contributed by atoms with van der Waals surface area (Å²) in [5.41, 5.74) is 7.29. The maximum atomic E-state index is 5.90. The molecule has 154 valence electrons. The molecule has 1 aromatic carbocycles. The van der Waals surface area contributed by atoms with Crippen molar-refractivity contribution in [3.05, 3.63) is 29.8 Å². The summed E-state index contributed by atoms with van der Waals surface area (Å²) in [6, 6.07) is 8.25. The fourth-order valence-corrected chi connectivity index (χ4v) is 2.77. The average molecular weight is 490 g/mol. The number of halogens is 1. The Labute approximate surface area is 180 Å². The Morgan fingerprint density at radius 1 is 1.30 bits per heavy atom. The summed E-state index contributed by atoms with van der Waals surface area (Å²) in [6.07, 6.45) is 1.01. The van der Waals surface area contributed by atoms with Crippen LogP contribution in [-0.2, 0) is 10.2 Å². The maximum absolute atomic E-state index is 5.90. The van der Waals surface area contributed by atoms with Crippen LogP contribution in [0, 0.1) is 0 Å². The number of rotatable bonds is 8. The van der Waals surface area contributed by atoms with Crippen molar-refractivity contribution in [2.75, 3.05) is 52.5 Å². The molecule has 1 heterocycles. The number of nitrogens with one attached hydrogen (secondary N) is 1. The monoisotopic (exact) mass is 490 g/mol. The first kappa shape index (κ1) is 24.0. The van der Waals surface area contributed by atoms with Crippen molar-refractivity contribution in [3.63, 3.8) is 0 Å². The van der Waals surface area contributed by atoms with Crippen molar-refractivity contribution < 1.29 is 9.47 Å². The van der Waals surface area contributed by atoms with E-state index < -0.39 is 0 Å². The molecule has 7 heteroatoms. The van der Waals surface area contributed by atoms with Crippen molar-refractivity contribution in [1.29, 1.82) is 0 Å². The summed E-state index contributed by atoms with van der Waals surface area (Å²) in [5, 5.41) is 3.11. The fourth-order valence-electron chi connectivity index (χ4n) is 2.77. The molecule has 1 fully saturated rings. The van der Waals surface area contributed by atoms with E-state index in [0.29, 0.717) is 19.1 Å². The number of guanidine groups is 1. The van der Waals surface area contributed by atoms with Gasteiger partial charge < -0.3 is 20.5 Å². The second kappa shape index (κ2) is 12.4. The lowest BCUT2D eigenvalue weighted by Crippen LogP contribution is -2.37. The minimum absolute atomic E-state index is 0. The summed E-state index contributed by atoms with van der Waals surface area (Å²) in [7, 11) is 0. The van der Waals surface area contributed by atoms with Gasteiger partial charge in [-0.25, -0.2) is 0 Å². The topological polar surface area (TPSA) is 72.1 Å². The van der Waals surface area contributed by atoms with Gasteiger partial charge in [-0.3, -0.25) is 9.89 Å². The Kier molecular flexibility index (Phi) is 11.0. The van der Waals surface area contributed by atoms with E-state index in [1.165, 1.54) is 5.56 Å². The van der Waals surface area contributed by atoms with Gasteiger partial charge in [0.15, 0.2) is 5.96 Å². The average Bonchev–Trinajstić information content (AvgIpc) is 2.63. The van der Waals surface area contributed by atoms with E-state index in [9.17, 15) is 0 Å². The Balaban J connectivity index is 0.00000364. The SMILES string of the molecule is CC(C)(C)c1cccc(OCCNC(N)=NCCCN2CCOCC2)c1.I. The van der Waals surface area contributed by atoms with Gasteiger partial charge in [-0.05, 0) is 29.5 Å². The molecule has 0 unspecified atom stereocenters. The summed E-state index contributed by atoms with van der Waals surface area (Å²) in [5.74, 6) is 1.37.